The first-order valence-corrected chi connectivity index (χ1v) is 10.2. The first kappa shape index (κ1) is 20.7. The molecule has 0 saturated carbocycles. The summed E-state index contributed by atoms with van der Waals surface area (Å²) < 4.78 is 5.17. The highest BCUT2D eigenvalue weighted by molar-refractivity contribution is 6.07. The molecule has 3 heterocycles. The molecule has 1 aliphatic rings. The molecule has 160 valence electrons. The number of carbonyl (C=O) groups excluding carboxylic acids is 1. The van der Waals surface area contributed by atoms with Crippen molar-refractivity contribution in [2.45, 2.75) is 25.8 Å². The highest BCUT2D eigenvalue weighted by Gasteiger charge is 2.33. The van der Waals surface area contributed by atoms with E-state index >= 15 is 0 Å². The summed E-state index contributed by atoms with van der Waals surface area (Å²) in [5.74, 6) is 0.862. The summed E-state index contributed by atoms with van der Waals surface area (Å²) >= 11 is 0. The molecule has 3 aromatic rings. The van der Waals surface area contributed by atoms with Gasteiger partial charge in [-0.25, -0.2) is 9.97 Å². The molecule has 2 N–H and O–H groups in total. The van der Waals surface area contributed by atoms with Crippen molar-refractivity contribution in [1.29, 1.82) is 0 Å². The number of likely N-dealkylation sites (N-methyl/N-ethyl adjacent to an activating group) is 1. The number of nitrogens with one attached hydrogen (secondary N) is 2. The molecule has 2 aromatic heterocycles. The topological polar surface area (TPSA) is 79.4 Å². The predicted molar refractivity (Wildman–Crippen MR) is 123 cm³/mol. The van der Waals surface area contributed by atoms with Crippen LogP contribution in [0.3, 0.4) is 0 Å². The number of fused-ring (bicyclic) bond motifs is 1. The first-order valence-electron chi connectivity index (χ1n) is 10.2. The van der Waals surface area contributed by atoms with Crippen LogP contribution >= 0.6 is 0 Å². The zero-order valence-corrected chi connectivity index (χ0v) is 18.3. The van der Waals surface area contributed by atoms with Crippen LogP contribution in [0.2, 0.25) is 0 Å². The van der Waals surface area contributed by atoms with Gasteiger partial charge in [-0.2, -0.15) is 0 Å². The standard InChI is InChI=1S/C24H27N5O2/c1-24(2)15-29(3)20-13-17(7-8-19(20)24)28-23(30)18-6-5-10-26-22(18)27-14-16-9-11-25-21(12-16)31-4/h5-13H,14-15H2,1-4H3,(H,26,27)(H,28,30). The maximum absolute atomic E-state index is 13.0. The van der Waals surface area contributed by atoms with E-state index in [4.69, 9.17) is 4.74 Å². The van der Waals surface area contributed by atoms with E-state index in [1.165, 1.54) is 5.56 Å². The number of anilines is 3. The van der Waals surface area contributed by atoms with Gasteiger partial charge < -0.3 is 20.3 Å². The van der Waals surface area contributed by atoms with Crippen molar-refractivity contribution in [3.05, 3.63) is 71.5 Å². The Morgan fingerprint density at radius 2 is 2.00 bits per heavy atom. The number of amides is 1. The second-order valence-corrected chi connectivity index (χ2v) is 8.39. The fraction of sp³-hybridized carbons (Fsp3) is 0.292. The molecule has 1 aliphatic heterocycles. The van der Waals surface area contributed by atoms with Gasteiger partial charge in [0.15, 0.2) is 0 Å². The highest BCUT2D eigenvalue weighted by atomic mass is 16.5. The molecule has 0 bridgehead atoms. The summed E-state index contributed by atoms with van der Waals surface area (Å²) in [5.41, 5.74) is 4.78. The highest BCUT2D eigenvalue weighted by Crippen LogP contribution is 2.40. The monoisotopic (exact) mass is 417 g/mol. The summed E-state index contributed by atoms with van der Waals surface area (Å²) in [6, 6.07) is 13.4. The molecule has 0 atom stereocenters. The Morgan fingerprint density at radius 1 is 1.16 bits per heavy atom. The van der Waals surface area contributed by atoms with Gasteiger partial charge in [-0.05, 0) is 41.5 Å². The molecule has 7 nitrogen and oxygen atoms in total. The SMILES string of the molecule is COc1cc(CNc2ncccc2C(=O)Nc2ccc3c(c2)N(C)CC3(C)C)ccn1. The van der Waals surface area contributed by atoms with Crippen LogP contribution in [0.4, 0.5) is 17.2 Å². The van der Waals surface area contributed by atoms with Crippen LogP contribution in [0.1, 0.15) is 35.3 Å². The van der Waals surface area contributed by atoms with Crippen molar-refractivity contribution in [2.24, 2.45) is 0 Å². The number of ether oxygens (including phenoxy) is 1. The number of rotatable bonds is 6. The van der Waals surface area contributed by atoms with Gasteiger partial charge in [-0.15, -0.1) is 0 Å². The lowest BCUT2D eigenvalue weighted by molar-refractivity contribution is 0.102. The second-order valence-electron chi connectivity index (χ2n) is 8.39. The molecule has 0 radical (unpaired) electrons. The summed E-state index contributed by atoms with van der Waals surface area (Å²) in [6.07, 6.45) is 3.35. The third-order valence-corrected chi connectivity index (χ3v) is 5.55. The molecule has 0 unspecified atom stereocenters. The maximum Gasteiger partial charge on any atom is 0.259 e. The number of aromatic nitrogens is 2. The van der Waals surface area contributed by atoms with Gasteiger partial charge in [0.05, 0.1) is 12.7 Å². The molecule has 0 aliphatic carbocycles. The summed E-state index contributed by atoms with van der Waals surface area (Å²) in [6.45, 7) is 5.92. The number of pyridine rings is 2. The Bertz CT molecular complexity index is 1110. The van der Waals surface area contributed by atoms with E-state index in [9.17, 15) is 4.79 Å². The van der Waals surface area contributed by atoms with Crippen LogP contribution < -0.4 is 20.3 Å². The van der Waals surface area contributed by atoms with E-state index in [0.717, 1.165) is 23.5 Å². The third-order valence-electron chi connectivity index (χ3n) is 5.55. The summed E-state index contributed by atoms with van der Waals surface area (Å²) in [5, 5.41) is 6.26. The third kappa shape index (κ3) is 4.30. The Morgan fingerprint density at radius 3 is 2.81 bits per heavy atom. The molecule has 1 aromatic carbocycles. The maximum atomic E-state index is 13.0. The van der Waals surface area contributed by atoms with E-state index in [1.54, 1.807) is 31.6 Å². The number of benzene rings is 1. The average Bonchev–Trinajstić information content (AvgIpc) is 3.00. The normalized spacial score (nSPS) is 14.1. The van der Waals surface area contributed by atoms with Gasteiger partial charge in [0.2, 0.25) is 5.88 Å². The van der Waals surface area contributed by atoms with Crippen molar-refractivity contribution in [3.8, 4) is 5.88 Å². The van der Waals surface area contributed by atoms with E-state index in [-0.39, 0.29) is 11.3 Å². The molecule has 0 fully saturated rings. The molecular formula is C24H27N5O2. The lowest BCUT2D eigenvalue weighted by atomic mass is 9.87. The van der Waals surface area contributed by atoms with E-state index in [0.29, 0.717) is 23.8 Å². The summed E-state index contributed by atoms with van der Waals surface area (Å²) in [4.78, 5) is 23.7. The van der Waals surface area contributed by atoms with Crippen molar-refractivity contribution >= 4 is 23.1 Å². The van der Waals surface area contributed by atoms with Crippen molar-refractivity contribution < 1.29 is 9.53 Å². The van der Waals surface area contributed by atoms with Crippen LogP contribution in [0.5, 0.6) is 5.88 Å². The lowest BCUT2D eigenvalue weighted by Gasteiger charge is -2.18. The Labute approximate surface area is 182 Å². The summed E-state index contributed by atoms with van der Waals surface area (Å²) in [7, 11) is 3.66. The van der Waals surface area contributed by atoms with Crippen molar-refractivity contribution in [1.82, 2.24) is 9.97 Å². The average molecular weight is 418 g/mol. The first-order chi connectivity index (χ1) is 14.9. The van der Waals surface area contributed by atoms with Crippen LogP contribution in [-0.4, -0.2) is 36.6 Å². The minimum absolute atomic E-state index is 0.0999. The number of hydrogen-bond acceptors (Lipinski definition) is 6. The van der Waals surface area contributed by atoms with Crippen LogP contribution in [-0.2, 0) is 12.0 Å². The van der Waals surface area contributed by atoms with Crippen molar-refractivity contribution in [3.63, 3.8) is 0 Å². The van der Waals surface area contributed by atoms with Crippen LogP contribution in [0, 0.1) is 0 Å². The van der Waals surface area contributed by atoms with Crippen molar-refractivity contribution in [2.75, 3.05) is 36.2 Å². The van der Waals surface area contributed by atoms with Gasteiger partial charge in [-0.1, -0.05) is 19.9 Å². The number of hydrogen-bond donors (Lipinski definition) is 2. The largest absolute Gasteiger partial charge is 0.481 e. The second kappa shape index (κ2) is 8.26. The number of methoxy groups -OCH3 is 1. The predicted octanol–water partition coefficient (Wildman–Crippen LogP) is 4.08. The van der Waals surface area contributed by atoms with E-state index in [2.05, 4.69) is 52.5 Å². The van der Waals surface area contributed by atoms with Crippen LogP contribution in [0.15, 0.2) is 54.9 Å². The zero-order chi connectivity index (χ0) is 22.0. The minimum Gasteiger partial charge on any atom is -0.481 e. The quantitative estimate of drug-likeness (QED) is 0.629. The smallest absolute Gasteiger partial charge is 0.259 e. The van der Waals surface area contributed by atoms with Crippen LogP contribution in [0.25, 0.3) is 0 Å². The van der Waals surface area contributed by atoms with Gasteiger partial charge in [0.25, 0.3) is 5.91 Å². The molecule has 0 spiro atoms. The number of carbonyl (C=O) groups is 1. The molecule has 31 heavy (non-hydrogen) atoms. The fourth-order valence-electron chi connectivity index (χ4n) is 4.05. The van der Waals surface area contributed by atoms with Gasteiger partial charge >= 0.3 is 0 Å². The molecule has 0 saturated heterocycles. The Kier molecular flexibility index (Phi) is 5.50. The van der Waals surface area contributed by atoms with Gasteiger partial charge in [0, 0.05) is 55.4 Å². The molecule has 7 heteroatoms. The Hall–Kier alpha value is -3.61. The molecular weight excluding hydrogens is 390 g/mol. The van der Waals surface area contributed by atoms with E-state index in [1.807, 2.05) is 24.3 Å². The zero-order valence-electron chi connectivity index (χ0n) is 18.3. The minimum atomic E-state index is -0.206. The number of nitrogens with zero attached hydrogens (tertiary/aromatic N) is 3. The van der Waals surface area contributed by atoms with E-state index < -0.39 is 0 Å². The van der Waals surface area contributed by atoms with Gasteiger partial charge in [0.1, 0.15) is 5.82 Å². The van der Waals surface area contributed by atoms with Gasteiger partial charge in [-0.3, -0.25) is 4.79 Å². The Balaban J connectivity index is 1.50. The lowest BCUT2D eigenvalue weighted by Crippen LogP contribution is -2.24. The fourth-order valence-corrected chi connectivity index (χ4v) is 4.05. The molecule has 1 amide bonds. The molecule has 4 rings (SSSR count).